The number of oxime groups is 2. The van der Waals surface area contributed by atoms with Gasteiger partial charge in [-0.25, -0.2) is 9.59 Å². The molecule has 0 radical (unpaired) electrons. The number of carbonyl (C=O) groups is 2. The van der Waals surface area contributed by atoms with Gasteiger partial charge < -0.3 is 9.68 Å². The van der Waals surface area contributed by atoms with E-state index in [1.165, 1.54) is 48.6 Å². The maximum absolute atomic E-state index is 11.9. The van der Waals surface area contributed by atoms with Crippen molar-refractivity contribution in [1.29, 1.82) is 0 Å². The zero-order chi connectivity index (χ0) is 20.6. The second-order valence-corrected chi connectivity index (χ2v) is 5.63. The lowest BCUT2D eigenvalue weighted by molar-refractivity contribution is -0.384. The number of rotatable bonds is 5. The lowest BCUT2D eigenvalue weighted by atomic mass is 10.1. The third-order valence-electron chi connectivity index (χ3n) is 3.64. The van der Waals surface area contributed by atoms with E-state index in [1.54, 1.807) is 30.3 Å². The fraction of sp³-hybridized carbons (Fsp3) is 0. The van der Waals surface area contributed by atoms with Crippen LogP contribution in [0.2, 0.25) is 0 Å². The molecule has 2 aromatic rings. The van der Waals surface area contributed by atoms with E-state index in [1.807, 2.05) is 0 Å². The van der Waals surface area contributed by atoms with Gasteiger partial charge in [0, 0.05) is 12.1 Å². The summed E-state index contributed by atoms with van der Waals surface area (Å²) in [7, 11) is 0. The fourth-order valence-electron chi connectivity index (χ4n) is 2.16. The molecule has 0 aliphatic heterocycles. The van der Waals surface area contributed by atoms with Crippen LogP contribution in [0.5, 0.6) is 0 Å². The number of hydrogen-bond acceptors (Lipinski definition) is 8. The van der Waals surface area contributed by atoms with Crippen LogP contribution in [0.4, 0.5) is 5.69 Å². The normalized spacial score (nSPS) is 12.3. The van der Waals surface area contributed by atoms with E-state index in [0.717, 1.165) is 0 Å². The van der Waals surface area contributed by atoms with Gasteiger partial charge in [-0.05, 0) is 48.6 Å². The second kappa shape index (κ2) is 9.00. The van der Waals surface area contributed by atoms with Crippen LogP contribution in [-0.2, 0) is 9.68 Å². The van der Waals surface area contributed by atoms with Gasteiger partial charge in [-0.3, -0.25) is 10.1 Å². The van der Waals surface area contributed by atoms with Crippen LogP contribution < -0.4 is 0 Å². The van der Waals surface area contributed by atoms with Crippen molar-refractivity contribution in [1.82, 2.24) is 0 Å². The summed E-state index contributed by atoms with van der Waals surface area (Å²) < 4.78 is 0. The molecule has 2 aromatic carbocycles. The number of nitrogens with zero attached hydrogens (tertiary/aromatic N) is 3. The minimum atomic E-state index is -0.759. The first-order valence-corrected chi connectivity index (χ1v) is 8.27. The van der Waals surface area contributed by atoms with Crippen LogP contribution >= 0.6 is 0 Å². The first-order chi connectivity index (χ1) is 14.0. The highest BCUT2D eigenvalue weighted by molar-refractivity contribution is 6.18. The number of nitro benzene ring substituents is 1. The van der Waals surface area contributed by atoms with Crippen LogP contribution in [0.15, 0.2) is 89.2 Å². The van der Waals surface area contributed by atoms with Crippen molar-refractivity contribution in [3.8, 4) is 0 Å². The molecule has 0 amide bonds. The zero-order valence-electron chi connectivity index (χ0n) is 14.8. The van der Waals surface area contributed by atoms with Gasteiger partial charge in [0.05, 0.1) is 16.1 Å². The Morgan fingerprint density at radius 2 is 1.17 bits per heavy atom. The third-order valence-corrected chi connectivity index (χ3v) is 3.64. The highest BCUT2D eigenvalue weighted by Crippen LogP contribution is 2.13. The Morgan fingerprint density at radius 3 is 1.62 bits per heavy atom. The molecule has 0 atom stereocenters. The van der Waals surface area contributed by atoms with Crippen LogP contribution in [0.3, 0.4) is 0 Å². The molecule has 0 unspecified atom stereocenters. The molecule has 0 saturated carbocycles. The molecule has 9 nitrogen and oxygen atoms in total. The van der Waals surface area contributed by atoms with Crippen molar-refractivity contribution in [3.63, 3.8) is 0 Å². The first-order valence-electron chi connectivity index (χ1n) is 8.27. The summed E-state index contributed by atoms with van der Waals surface area (Å²) in [6, 6.07) is 13.4. The number of allylic oxidation sites excluding steroid dienone is 4. The van der Waals surface area contributed by atoms with Crippen molar-refractivity contribution in [3.05, 3.63) is 100 Å². The molecule has 3 rings (SSSR count). The van der Waals surface area contributed by atoms with Crippen LogP contribution in [0, 0.1) is 10.1 Å². The maximum Gasteiger partial charge on any atom is 0.365 e. The minimum absolute atomic E-state index is 0.124. The average Bonchev–Trinajstić information content (AvgIpc) is 2.77. The molecule has 9 heteroatoms. The Hall–Kier alpha value is -4.40. The third kappa shape index (κ3) is 5.30. The quantitative estimate of drug-likeness (QED) is 0.333. The predicted octanol–water partition coefficient (Wildman–Crippen LogP) is 3.45. The number of hydrogen-bond donors (Lipinski definition) is 0. The summed E-state index contributed by atoms with van der Waals surface area (Å²) in [4.78, 5) is 43.5. The highest BCUT2D eigenvalue weighted by Gasteiger charge is 2.11. The van der Waals surface area contributed by atoms with Crippen molar-refractivity contribution >= 4 is 29.0 Å². The van der Waals surface area contributed by atoms with Crippen molar-refractivity contribution in [2.75, 3.05) is 0 Å². The number of nitro groups is 1. The van der Waals surface area contributed by atoms with Crippen LogP contribution in [0.25, 0.3) is 0 Å². The van der Waals surface area contributed by atoms with Gasteiger partial charge >= 0.3 is 11.9 Å². The monoisotopic (exact) mass is 391 g/mol. The van der Waals surface area contributed by atoms with Crippen LogP contribution in [-0.4, -0.2) is 28.3 Å². The molecule has 0 spiro atoms. The van der Waals surface area contributed by atoms with E-state index in [-0.39, 0.29) is 11.3 Å². The SMILES string of the molecule is O=C(ON=C1C=CC(=NOC(=O)c2ccc([N+](=O)[O-])cc2)C=C1)c1ccccc1. The molecule has 0 N–H and O–H groups in total. The lowest BCUT2D eigenvalue weighted by Gasteiger charge is -2.03. The summed E-state index contributed by atoms with van der Waals surface area (Å²) >= 11 is 0. The van der Waals surface area contributed by atoms with Crippen molar-refractivity contribution < 1.29 is 24.2 Å². The van der Waals surface area contributed by atoms with Crippen molar-refractivity contribution in [2.45, 2.75) is 0 Å². The Labute approximate surface area is 164 Å². The molecule has 1 aliphatic rings. The number of benzene rings is 2. The highest BCUT2D eigenvalue weighted by atomic mass is 16.7. The van der Waals surface area contributed by atoms with E-state index in [9.17, 15) is 19.7 Å². The van der Waals surface area contributed by atoms with E-state index in [0.29, 0.717) is 17.0 Å². The van der Waals surface area contributed by atoms with Gasteiger partial charge in [-0.2, -0.15) is 0 Å². The first kappa shape index (κ1) is 19.4. The summed E-state index contributed by atoms with van der Waals surface area (Å²) in [5, 5.41) is 18.0. The number of non-ortho nitro benzene ring substituents is 1. The predicted molar refractivity (Wildman–Crippen MR) is 104 cm³/mol. The number of carbonyl (C=O) groups excluding carboxylic acids is 2. The summed E-state index contributed by atoms with van der Waals surface area (Å²) in [5.74, 6) is -1.35. The molecule has 0 bridgehead atoms. The molecule has 29 heavy (non-hydrogen) atoms. The van der Waals surface area contributed by atoms with Gasteiger partial charge in [0.25, 0.3) is 5.69 Å². The van der Waals surface area contributed by atoms with Gasteiger partial charge in [-0.15, -0.1) is 0 Å². The van der Waals surface area contributed by atoms with E-state index in [4.69, 9.17) is 9.68 Å². The van der Waals surface area contributed by atoms with Gasteiger partial charge in [0.1, 0.15) is 11.4 Å². The Morgan fingerprint density at radius 1 is 0.724 bits per heavy atom. The zero-order valence-corrected chi connectivity index (χ0v) is 14.8. The van der Waals surface area contributed by atoms with Gasteiger partial charge in [0.2, 0.25) is 0 Å². The molecule has 0 heterocycles. The standard InChI is InChI=1S/C20H13N3O6/c24-19(14-4-2-1-3-5-14)28-21-16-8-10-17(11-9-16)22-29-20(25)15-6-12-18(13-7-15)23(26)27/h1-13H. The second-order valence-electron chi connectivity index (χ2n) is 5.63. The molecular weight excluding hydrogens is 378 g/mol. The molecule has 0 fully saturated rings. The van der Waals surface area contributed by atoms with Crippen LogP contribution in [0.1, 0.15) is 20.7 Å². The van der Waals surface area contributed by atoms with Gasteiger partial charge in [-0.1, -0.05) is 28.5 Å². The summed E-state index contributed by atoms with van der Waals surface area (Å²) in [6.45, 7) is 0. The Kier molecular flexibility index (Phi) is 6.01. The molecule has 0 saturated heterocycles. The Balaban J connectivity index is 1.55. The van der Waals surface area contributed by atoms with E-state index in [2.05, 4.69) is 10.3 Å². The molecule has 144 valence electrons. The molecule has 0 aromatic heterocycles. The van der Waals surface area contributed by atoms with E-state index < -0.39 is 16.9 Å². The largest absolute Gasteiger partial charge is 0.365 e. The van der Waals surface area contributed by atoms with Crippen molar-refractivity contribution in [2.24, 2.45) is 10.3 Å². The minimum Gasteiger partial charge on any atom is -0.312 e. The van der Waals surface area contributed by atoms with E-state index >= 15 is 0 Å². The van der Waals surface area contributed by atoms with Gasteiger partial charge in [0.15, 0.2) is 0 Å². The topological polar surface area (TPSA) is 120 Å². The maximum atomic E-state index is 11.9. The fourth-order valence-corrected chi connectivity index (χ4v) is 2.16. The Bertz CT molecular complexity index is 1040. The lowest BCUT2D eigenvalue weighted by Crippen LogP contribution is -2.07. The summed E-state index contributed by atoms with van der Waals surface area (Å²) in [5.41, 5.74) is 1.06. The molecule has 1 aliphatic carbocycles. The molecular formula is C20H13N3O6. The smallest absolute Gasteiger partial charge is 0.312 e. The summed E-state index contributed by atoms with van der Waals surface area (Å²) in [6.07, 6.45) is 6.07. The average molecular weight is 391 g/mol.